The van der Waals surface area contributed by atoms with E-state index in [1.165, 1.54) is 51.4 Å². The summed E-state index contributed by atoms with van der Waals surface area (Å²) < 4.78 is 10.9. The molecule has 0 rings (SSSR count). The molecule has 4 heteroatoms. The molecule has 0 aromatic carbocycles. The monoisotopic (exact) mass is 412 g/mol. The number of hydrogen-bond acceptors (Lipinski definition) is 4. The van der Waals surface area contributed by atoms with E-state index in [4.69, 9.17) is 9.47 Å². The molecule has 0 radical (unpaired) electrons. The van der Waals surface area contributed by atoms with Crippen LogP contribution in [0.3, 0.4) is 0 Å². The van der Waals surface area contributed by atoms with Crippen molar-refractivity contribution in [3.63, 3.8) is 0 Å². The second kappa shape index (κ2) is 18.9. The van der Waals surface area contributed by atoms with Crippen LogP contribution in [-0.2, 0) is 19.1 Å². The molecule has 0 spiro atoms. The van der Waals surface area contributed by atoms with Crippen molar-refractivity contribution in [1.82, 2.24) is 0 Å². The van der Waals surface area contributed by atoms with Crippen LogP contribution in [0.1, 0.15) is 130 Å². The lowest BCUT2D eigenvalue weighted by Gasteiger charge is -2.29. The molecule has 0 saturated carbocycles. The highest BCUT2D eigenvalue weighted by Gasteiger charge is 2.33. The van der Waals surface area contributed by atoms with Crippen LogP contribution in [0.15, 0.2) is 0 Å². The summed E-state index contributed by atoms with van der Waals surface area (Å²) in [5.74, 6) is -0.350. The normalized spacial score (nSPS) is 11.4. The highest BCUT2D eigenvalue weighted by atomic mass is 16.5. The molecule has 0 aromatic rings. The van der Waals surface area contributed by atoms with Gasteiger partial charge < -0.3 is 9.47 Å². The maximum atomic E-state index is 12.3. The van der Waals surface area contributed by atoms with Crippen LogP contribution >= 0.6 is 0 Å². The molecule has 0 N–H and O–H groups in total. The first-order chi connectivity index (χ1) is 14.0. The van der Waals surface area contributed by atoms with Crippen molar-refractivity contribution in [2.24, 2.45) is 5.41 Å². The number of hydrogen-bond donors (Lipinski definition) is 0. The zero-order valence-corrected chi connectivity index (χ0v) is 19.9. The standard InChI is InChI=1S/C25H48O4/c1-5-9-11-13-15-17-19-28-23(26)21-25(7-3,8-4)22-24(27)29-20-18-16-14-12-10-6-2/h5-22H2,1-4H3. The fourth-order valence-corrected chi connectivity index (χ4v) is 3.66. The summed E-state index contributed by atoms with van der Waals surface area (Å²) in [5.41, 5.74) is -0.337. The van der Waals surface area contributed by atoms with Crippen LogP contribution in [-0.4, -0.2) is 25.2 Å². The van der Waals surface area contributed by atoms with E-state index in [0.717, 1.165) is 38.5 Å². The summed E-state index contributed by atoms with van der Waals surface area (Å²) in [6, 6.07) is 0. The first-order valence-electron chi connectivity index (χ1n) is 12.3. The Kier molecular flexibility index (Phi) is 18.2. The van der Waals surface area contributed by atoms with Crippen molar-refractivity contribution in [3.05, 3.63) is 0 Å². The smallest absolute Gasteiger partial charge is 0.306 e. The Morgan fingerprint density at radius 1 is 0.552 bits per heavy atom. The summed E-state index contributed by atoms with van der Waals surface area (Å²) in [6.07, 6.45) is 16.3. The van der Waals surface area contributed by atoms with Crippen molar-refractivity contribution < 1.29 is 19.1 Å². The van der Waals surface area contributed by atoms with Gasteiger partial charge in [0.15, 0.2) is 0 Å². The molecule has 0 atom stereocenters. The van der Waals surface area contributed by atoms with Gasteiger partial charge in [0.1, 0.15) is 0 Å². The van der Waals surface area contributed by atoms with Gasteiger partial charge in [0.2, 0.25) is 0 Å². The van der Waals surface area contributed by atoms with E-state index in [0.29, 0.717) is 26.1 Å². The maximum absolute atomic E-state index is 12.3. The lowest BCUT2D eigenvalue weighted by atomic mass is 9.76. The van der Waals surface area contributed by atoms with Crippen LogP contribution in [0.25, 0.3) is 0 Å². The van der Waals surface area contributed by atoms with Gasteiger partial charge in [-0.2, -0.15) is 0 Å². The summed E-state index contributed by atoms with van der Waals surface area (Å²) in [7, 11) is 0. The summed E-state index contributed by atoms with van der Waals surface area (Å²) in [4.78, 5) is 24.6. The lowest BCUT2D eigenvalue weighted by molar-refractivity contribution is -0.151. The van der Waals surface area contributed by atoms with Gasteiger partial charge in [-0.1, -0.05) is 91.9 Å². The van der Waals surface area contributed by atoms with Crippen LogP contribution in [0, 0.1) is 5.41 Å². The van der Waals surface area contributed by atoms with Crippen molar-refractivity contribution >= 4 is 11.9 Å². The van der Waals surface area contributed by atoms with Gasteiger partial charge in [-0.3, -0.25) is 9.59 Å². The van der Waals surface area contributed by atoms with Gasteiger partial charge in [0.25, 0.3) is 0 Å². The minimum Gasteiger partial charge on any atom is -0.466 e. The van der Waals surface area contributed by atoms with E-state index in [1.807, 2.05) is 13.8 Å². The number of rotatable bonds is 20. The number of ether oxygens (including phenoxy) is 2. The third kappa shape index (κ3) is 15.4. The molecule has 0 aromatic heterocycles. The fraction of sp³-hybridized carbons (Fsp3) is 0.920. The second-order valence-corrected chi connectivity index (χ2v) is 8.54. The zero-order chi connectivity index (χ0) is 21.8. The van der Waals surface area contributed by atoms with Crippen LogP contribution in [0.4, 0.5) is 0 Å². The maximum Gasteiger partial charge on any atom is 0.306 e. The molecule has 0 saturated heterocycles. The SMILES string of the molecule is CCCCCCCCOC(=O)CC(CC)(CC)CC(=O)OCCCCCCCC. The van der Waals surface area contributed by atoms with Crippen LogP contribution < -0.4 is 0 Å². The van der Waals surface area contributed by atoms with Gasteiger partial charge in [-0.15, -0.1) is 0 Å². The first-order valence-corrected chi connectivity index (χ1v) is 12.3. The number of esters is 2. The lowest BCUT2D eigenvalue weighted by Crippen LogP contribution is -2.28. The summed E-state index contributed by atoms with van der Waals surface area (Å²) in [5, 5.41) is 0. The molecule has 0 bridgehead atoms. The molecule has 0 aliphatic rings. The Labute approximate surface area is 180 Å². The van der Waals surface area contributed by atoms with E-state index in [-0.39, 0.29) is 17.4 Å². The number of carbonyl (C=O) groups excluding carboxylic acids is 2. The van der Waals surface area contributed by atoms with Crippen LogP contribution in [0.2, 0.25) is 0 Å². The predicted octanol–water partition coefficient (Wildman–Crippen LogP) is 7.38. The summed E-state index contributed by atoms with van der Waals surface area (Å²) >= 11 is 0. The van der Waals surface area contributed by atoms with E-state index in [2.05, 4.69) is 13.8 Å². The van der Waals surface area contributed by atoms with Crippen molar-refractivity contribution in [2.45, 2.75) is 130 Å². The van der Waals surface area contributed by atoms with Gasteiger partial charge in [-0.25, -0.2) is 0 Å². The van der Waals surface area contributed by atoms with Crippen molar-refractivity contribution in [3.8, 4) is 0 Å². The predicted molar refractivity (Wildman–Crippen MR) is 121 cm³/mol. The highest BCUT2D eigenvalue weighted by Crippen LogP contribution is 2.35. The third-order valence-electron chi connectivity index (χ3n) is 6.06. The Morgan fingerprint density at radius 3 is 1.24 bits per heavy atom. The minimum atomic E-state index is -0.337. The summed E-state index contributed by atoms with van der Waals surface area (Å²) in [6.45, 7) is 9.50. The molecule has 0 fully saturated rings. The second-order valence-electron chi connectivity index (χ2n) is 8.54. The molecule has 0 heterocycles. The Hall–Kier alpha value is -1.06. The quantitative estimate of drug-likeness (QED) is 0.155. The van der Waals surface area contributed by atoms with Gasteiger partial charge in [-0.05, 0) is 31.1 Å². The molecule has 0 unspecified atom stereocenters. The molecular weight excluding hydrogens is 364 g/mol. The van der Waals surface area contributed by atoms with Gasteiger partial charge in [0, 0.05) is 0 Å². The van der Waals surface area contributed by atoms with Gasteiger partial charge >= 0.3 is 11.9 Å². The van der Waals surface area contributed by atoms with E-state index in [1.54, 1.807) is 0 Å². The molecule has 29 heavy (non-hydrogen) atoms. The van der Waals surface area contributed by atoms with E-state index < -0.39 is 0 Å². The topological polar surface area (TPSA) is 52.6 Å². The number of unbranched alkanes of at least 4 members (excludes halogenated alkanes) is 10. The molecular formula is C25H48O4. The Balaban J connectivity index is 4.10. The highest BCUT2D eigenvalue weighted by molar-refractivity contribution is 5.74. The van der Waals surface area contributed by atoms with E-state index >= 15 is 0 Å². The van der Waals surface area contributed by atoms with Crippen LogP contribution in [0.5, 0.6) is 0 Å². The molecule has 0 aliphatic heterocycles. The Bertz CT molecular complexity index is 368. The third-order valence-corrected chi connectivity index (χ3v) is 6.06. The van der Waals surface area contributed by atoms with Gasteiger partial charge in [0.05, 0.1) is 26.1 Å². The molecule has 0 aliphatic carbocycles. The average Bonchev–Trinajstić information content (AvgIpc) is 2.72. The first kappa shape index (κ1) is 27.9. The fourth-order valence-electron chi connectivity index (χ4n) is 3.66. The van der Waals surface area contributed by atoms with Crippen molar-refractivity contribution in [2.75, 3.05) is 13.2 Å². The van der Waals surface area contributed by atoms with E-state index in [9.17, 15) is 9.59 Å². The van der Waals surface area contributed by atoms with Crippen molar-refractivity contribution in [1.29, 1.82) is 0 Å². The molecule has 172 valence electrons. The number of carbonyl (C=O) groups is 2. The largest absolute Gasteiger partial charge is 0.466 e. The average molecular weight is 413 g/mol. The zero-order valence-electron chi connectivity index (χ0n) is 19.9. The Morgan fingerprint density at radius 2 is 0.897 bits per heavy atom. The minimum absolute atomic E-state index is 0.175. The molecule has 0 amide bonds. The molecule has 4 nitrogen and oxygen atoms in total.